The second-order valence-corrected chi connectivity index (χ2v) is 10.0. The normalized spacial score (nSPS) is 17.2. The van der Waals surface area contributed by atoms with Crippen molar-refractivity contribution in [3.05, 3.63) is 72.3 Å². The van der Waals surface area contributed by atoms with Gasteiger partial charge in [0.25, 0.3) is 0 Å². The maximum atomic E-state index is 13.2. The number of nitrogens with one attached hydrogen (secondary N) is 1. The van der Waals surface area contributed by atoms with Crippen LogP contribution in [-0.4, -0.2) is 45.4 Å². The van der Waals surface area contributed by atoms with Gasteiger partial charge in [-0.3, -0.25) is 4.79 Å². The summed E-state index contributed by atoms with van der Waals surface area (Å²) < 4.78 is 33.1. The summed E-state index contributed by atoms with van der Waals surface area (Å²) >= 11 is 0. The van der Waals surface area contributed by atoms with E-state index in [9.17, 15) is 13.2 Å². The quantitative estimate of drug-likeness (QED) is 0.594. The zero-order valence-electron chi connectivity index (χ0n) is 18.2. The second-order valence-electron chi connectivity index (χ2n) is 8.10. The molecule has 1 atom stereocenters. The van der Waals surface area contributed by atoms with Crippen molar-refractivity contribution in [2.24, 2.45) is 5.92 Å². The summed E-state index contributed by atoms with van der Waals surface area (Å²) in [6.07, 6.45) is 2.07. The summed E-state index contributed by atoms with van der Waals surface area (Å²) in [4.78, 5) is 13.0. The molecule has 0 aliphatic carbocycles. The second kappa shape index (κ2) is 9.71. The lowest BCUT2D eigenvalue weighted by molar-refractivity contribution is -0.126. The number of hydrogen-bond acceptors (Lipinski definition) is 4. The fraction of sp³-hybridized carbons (Fsp3) is 0.320. The molecular formula is C25H28N2O4S. The third kappa shape index (κ3) is 4.95. The van der Waals surface area contributed by atoms with Gasteiger partial charge in [0.05, 0.1) is 17.9 Å². The van der Waals surface area contributed by atoms with Gasteiger partial charge in [-0.2, -0.15) is 4.31 Å². The van der Waals surface area contributed by atoms with Crippen LogP contribution >= 0.6 is 0 Å². The van der Waals surface area contributed by atoms with Crippen molar-refractivity contribution >= 4 is 26.7 Å². The summed E-state index contributed by atoms with van der Waals surface area (Å²) in [5.41, 5.74) is 1.11. The number of hydrogen-bond donors (Lipinski definition) is 1. The van der Waals surface area contributed by atoms with Crippen LogP contribution in [0.3, 0.4) is 0 Å². The Morgan fingerprint density at radius 3 is 2.56 bits per heavy atom. The van der Waals surface area contributed by atoms with E-state index in [4.69, 9.17) is 4.74 Å². The van der Waals surface area contributed by atoms with Gasteiger partial charge in [0.1, 0.15) is 5.75 Å². The molecule has 0 unspecified atom stereocenters. The Hall–Kier alpha value is -2.90. The number of carbonyl (C=O) groups excluding carboxylic acids is 1. The third-order valence-corrected chi connectivity index (χ3v) is 7.85. The highest BCUT2D eigenvalue weighted by molar-refractivity contribution is 7.89. The Bertz CT molecular complexity index is 1190. The van der Waals surface area contributed by atoms with Gasteiger partial charge in [0, 0.05) is 19.6 Å². The van der Waals surface area contributed by atoms with E-state index in [0.29, 0.717) is 32.4 Å². The molecule has 4 rings (SSSR count). The lowest BCUT2D eigenvalue weighted by Crippen LogP contribution is -2.45. The van der Waals surface area contributed by atoms with E-state index in [2.05, 4.69) is 5.32 Å². The zero-order valence-corrected chi connectivity index (χ0v) is 19.0. The first-order valence-electron chi connectivity index (χ1n) is 10.9. The van der Waals surface area contributed by atoms with Crippen LogP contribution in [0, 0.1) is 5.92 Å². The Morgan fingerprint density at radius 1 is 1.06 bits per heavy atom. The smallest absolute Gasteiger partial charge is 0.243 e. The van der Waals surface area contributed by atoms with E-state index < -0.39 is 10.0 Å². The largest absolute Gasteiger partial charge is 0.497 e. The summed E-state index contributed by atoms with van der Waals surface area (Å²) in [6, 6.07) is 20.6. The van der Waals surface area contributed by atoms with Gasteiger partial charge >= 0.3 is 0 Å². The van der Waals surface area contributed by atoms with Crippen LogP contribution in [0.1, 0.15) is 18.4 Å². The highest BCUT2D eigenvalue weighted by Crippen LogP contribution is 2.26. The number of ether oxygens (including phenoxy) is 1. The van der Waals surface area contributed by atoms with Crippen molar-refractivity contribution in [3.63, 3.8) is 0 Å². The third-order valence-electron chi connectivity index (χ3n) is 5.99. The summed E-state index contributed by atoms with van der Waals surface area (Å²) in [6.45, 7) is 1.16. The van der Waals surface area contributed by atoms with Crippen molar-refractivity contribution in [3.8, 4) is 5.75 Å². The molecule has 1 saturated heterocycles. The molecule has 1 fully saturated rings. The van der Waals surface area contributed by atoms with E-state index in [0.717, 1.165) is 22.1 Å². The molecule has 0 radical (unpaired) electrons. The minimum atomic E-state index is -3.65. The molecule has 3 aromatic rings. The highest BCUT2D eigenvalue weighted by Gasteiger charge is 2.33. The predicted molar refractivity (Wildman–Crippen MR) is 125 cm³/mol. The number of nitrogens with zero attached hydrogens (tertiary/aromatic N) is 1. The number of piperidine rings is 1. The van der Waals surface area contributed by atoms with Crippen LogP contribution in [0.25, 0.3) is 10.8 Å². The summed E-state index contributed by atoms with van der Waals surface area (Å²) in [7, 11) is -2.02. The van der Waals surface area contributed by atoms with E-state index in [1.165, 1.54) is 4.31 Å². The molecule has 0 bridgehead atoms. The highest BCUT2D eigenvalue weighted by atomic mass is 32.2. The Labute approximate surface area is 189 Å². The van der Waals surface area contributed by atoms with Gasteiger partial charge in [-0.15, -0.1) is 0 Å². The molecule has 0 saturated carbocycles. The maximum Gasteiger partial charge on any atom is 0.243 e. The number of fused-ring (bicyclic) bond motifs is 1. The average Bonchev–Trinajstić information content (AvgIpc) is 2.84. The molecule has 3 aromatic carbocycles. The van der Waals surface area contributed by atoms with Crippen LogP contribution in [0.15, 0.2) is 71.6 Å². The van der Waals surface area contributed by atoms with Gasteiger partial charge in [0.2, 0.25) is 15.9 Å². The van der Waals surface area contributed by atoms with Crippen molar-refractivity contribution in [1.82, 2.24) is 9.62 Å². The number of sulfonamides is 1. The minimum Gasteiger partial charge on any atom is -0.497 e. The van der Waals surface area contributed by atoms with E-state index in [-0.39, 0.29) is 23.3 Å². The van der Waals surface area contributed by atoms with Crippen LogP contribution in [-0.2, 0) is 21.2 Å². The van der Waals surface area contributed by atoms with Crippen LogP contribution in [0.5, 0.6) is 5.75 Å². The fourth-order valence-electron chi connectivity index (χ4n) is 4.12. The first kappa shape index (κ1) is 22.3. The molecule has 0 spiro atoms. The number of methoxy groups -OCH3 is 1. The van der Waals surface area contributed by atoms with Crippen molar-refractivity contribution < 1.29 is 17.9 Å². The number of rotatable bonds is 7. The Morgan fingerprint density at radius 2 is 1.81 bits per heavy atom. The van der Waals surface area contributed by atoms with Crippen molar-refractivity contribution in [2.75, 3.05) is 26.7 Å². The SMILES string of the molecule is COc1ccc(CCNC(=O)[C@@H]2CCCN(S(=O)(=O)c3ccc4ccccc4c3)C2)cc1. The molecule has 1 N–H and O–H groups in total. The van der Waals surface area contributed by atoms with E-state index in [1.54, 1.807) is 19.2 Å². The van der Waals surface area contributed by atoms with Crippen LogP contribution < -0.4 is 10.1 Å². The monoisotopic (exact) mass is 452 g/mol. The molecule has 1 aliphatic heterocycles. The standard InChI is InChI=1S/C25H28N2O4S/c1-31-23-11-8-19(9-12-23)14-15-26-25(28)22-7-4-16-27(18-22)32(29,30)24-13-10-20-5-2-3-6-21(20)17-24/h2-3,5-6,8-13,17,22H,4,7,14-16,18H2,1H3,(H,26,28)/t22-/m1/s1. The minimum absolute atomic E-state index is 0.0862. The molecule has 6 nitrogen and oxygen atoms in total. The number of benzene rings is 3. The maximum absolute atomic E-state index is 13.2. The Kier molecular flexibility index (Phi) is 6.77. The van der Waals surface area contributed by atoms with Gasteiger partial charge < -0.3 is 10.1 Å². The molecule has 1 aliphatic rings. The van der Waals surface area contributed by atoms with Crippen LogP contribution in [0.4, 0.5) is 0 Å². The molecule has 1 amide bonds. The van der Waals surface area contributed by atoms with Gasteiger partial charge in [-0.25, -0.2) is 8.42 Å². The topological polar surface area (TPSA) is 75.7 Å². The van der Waals surface area contributed by atoms with E-state index >= 15 is 0 Å². The number of carbonyl (C=O) groups is 1. The molecule has 7 heteroatoms. The summed E-state index contributed by atoms with van der Waals surface area (Å²) in [5.74, 6) is 0.375. The predicted octanol–water partition coefficient (Wildman–Crippen LogP) is 3.61. The van der Waals surface area contributed by atoms with Gasteiger partial charge in [0.15, 0.2) is 0 Å². The molecular weight excluding hydrogens is 424 g/mol. The van der Waals surface area contributed by atoms with Crippen molar-refractivity contribution in [2.45, 2.75) is 24.2 Å². The molecule has 0 aromatic heterocycles. The zero-order chi connectivity index (χ0) is 22.6. The molecule has 32 heavy (non-hydrogen) atoms. The first-order chi connectivity index (χ1) is 15.5. The molecule has 1 heterocycles. The number of amides is 1. The molecule has 168 valence electrons. The van der Waals surface area contributed by atoms with Crippen molar-refractivity contribution in [1.29, 1.82) is 0 Å². The lowest BCUT2D eigenvalue weighted by Gasteiger charge is -2.31. The summed E-state index contributed by atoms with van der Waals surface area (Å²) in [5, 5.41) is 4.86. The average molecular weight is 453 g/mol. The fourth-order valence-corrected chi connectivity index (χ4v) is 5.68. The van der Waals surface area contributed by atoms with Gasteiger partial charge in [-0.05, 0) is 59.9 Å². The van der Waals surface area contributed by atoms with Crippen LogP contribution in [0.2, 0.25) is 0 Å². The lowest BCUT2D eigenvalue weighted by atomic mass is 9.99. The first-order valence-corrected chi connectivity index (χ1v) is 12.3. The Balaban J connectivity index is 1.37. The van der Waals surface area contributed by atoms with Gasteiger partial charge in [-0.1, -0.05) is 42.5 Å². The van der Waals surface area contributed by atoms with E-state index in [1.807, 2.05) is 54.6 Å².